The highest BCUT2D eigenvalue weighted by molar-refractivity contribution is 7.15. The van der Waals surface area contributed by atoms with E-state index in [9.17, 15) is 14.7 Å². The quantitative estimate of drug-likeness (QED) is 0.680. The summed E-state index contributed by atoms with van der Waals surface area (Å²) in [5.74, 6) is -1.82. The maximum absolute atomic E-state index is 13.1. The van der Waals surface area contributed by atoms with Gasteiger partial charge in [0.25, 0.3) is 0 Å². The average molecular weight is 379 g/mol. The third-order valence-electron chi connectivity index (χ3n) is 5.60. The van der Waals surface area contributed by atoms with Crippen molar-refractivity contribution in [2.24, 2.45) is 23.7 Å². The Morgan fingerprint density at radius 2 is 1.89 bits per heavy atom. The first-order valence-electron chi connectivity index (χ1n) is 8.86. The minimum atomic E-state index is -0.899. The lowest BCUT2D eigenvalue weighted by Gasteiger charge is -2.23. The number of rotatable bonds is 4. The van der Waals surface area contributed by atoms with Crippen molar-refractivity contribution in [3.63, 3.8) is 0 Å². The van der Waals surface area contributed by atoms with E-state index < -0.39 is 17.8 Å². The van der Waals surface area contributed by atoms with Crippen molar-refractivity contribution >= 4 is 34.0 Å². The van der Waals surface area contributed by atoms with Crippen LogP contribution in [0.25, 0.3) is 16.2 Å². The normalized spacial score (nSPS) is 25.9. The fourth-order valence-electron chi connectivity index (χ4n) is 4.42. The molecular formula is C20H17N3O3S. The van der Waals surface area contributed by atoms with E-state index in [0.717, 1.165) is 16.9 Å². The van der Waals surface area contributed by atoms with Gasteiger partial charge in [-0.05, 0) is 18.3 Å². The molecule has 5 rings (SSSR count). The summed E-state index contributed by atoms with van der Waals surface area (Å²) < 4.78 is 1.85. The van der Waals surface area contributed by atoms with Gasteiger partial charge in [-0.3, -0.25) is 14.0 Å². The van der Waals surface area contributed by atoms with E-state index in [4.69, 9.17) is 0 Å². The number of hydrogen-bond acceptors (Lipinski definition) is 4. The van der Waals surface area contributed by atoms with Crippen LogP contribution in [0.4, 0.5) is 5.82 Å². The smallest absolute Gasteiger partial charge is 0.307 e. The Morgan fingerprint density at radius 1 is 1.15 bits per heavy atom. The van der Waals surface area contributed by atoms with Gasteiger partial charge in [-0.2, -0.15) is 0 Å². The summed E-state index contributed by atoms with van der Waals surface area (Å²) in [6.45, 7) is 0. The number of nitrogens with one attached hydrogen (secondary N) is 1. The van der Waals surface area contributed by atoms with Crippen LogP contribution in [0, 0.1) is 23.7 Å². The summed E-state index contributed by atoms with van der Waals surface area (Å²) in [4.78, 5) is 30.3. The van der Waals surface area contributed by atoms with Gasteiger partial charge in [0.2, 0.25) is 5.91 Å². The molecule has 4 atom stereocenters. The Morgan fingerprint density at radius 3 is 2.63 bits per heavy atom. The van der Waals surface area contributed by atoms with Crippen LogP contribution >= 0.6 is 11.3 Å². The highest BCUT2D eigenvalue weighted by Crippen LogP contribution is 2.48. The van der Waals surface area contributed by atoms with E-state index in [-0.39, 0.29) is 17.7 Å². The fourth-order valence-corrected chi connectivity index (χ4v) is 5.13. The molecule has 1 saturated carbocycles. The van der Waals surface area contributed by atoms with Gasteiger partial charge in [0.05, 0.1) is 11.8 Å². The van der Waals surface area contributed by atoms with Gasteiger partial charge in [-0.25, -0.2) is 4.98 Å². The van der Waals surface area contributed by atoms with Gasteiger partial charge in [0.15, 0.2) is 4.96 Å². The molecule has 2 aromatic heterocycles. The second-order valence-electron chi connectivity index (χ2n) is 7.06. The van der Waals surface area contributed by atoms with Crippen molar-refractivity contribution < 1.29 is 14.7 Å². The first-order chi connectivity index (χ1) is 13.1. The molecule has 7 heteroatoms. The fraction of sp³-hybridized carbons (Fsp3) is 0.250. The number of aliphatic carboxylic acids is 1. The summed E-state index contributed by atoms with van der Waals surface area (Å²) >= 11 is 1.49. The van der Waals surface area contributed by atoms with Crippen LogP contribution in [-0.2, 0) is 9.59 Å². The molecule has 0 saturated heterocycles. The van der Waals surface area contributed by atoms with Crippen LogP contribution in [0.3, 0.4) is 0 Å². The number of carbonyl (C=O) groups excluding carboxylic acids is 1. The largest absolute Gasteiger partial charge is 0.481 e. The Labute approximate surface area is 159 Å². The van der Waals surface area contributed by atoms with Gasteiger partial charge in [-0.15, -0.1) is 11.3 Å². The Bertz CT molecular complexity index is 1070. The predicted octanol–water partition coefficient (Wildman–Crippen LogP) is 3.52. The molecule has 1 amide bonds. The molecule has 0 aliphatic heterocycles. The monoisotopic (exact) mass is 379 g/mol. The van der Waals surface area contributed by atoms with Crippen molar-refractivity contribution in [3.05, 3.63) is 54.1 Å². The average Bonchev–Trinajstić information content (AvgIpc) is 3.43. The molecule has 2 N–H and O–H groups in total. The number of benzene rings is 1. The Balaban J connectivity index is 1.53. The van der Waals surface area contributed by atoms with E-state index in [1.54, 1.807) is 0 Å². The van der Waals surface area contributed by atoms with Gasteiger partial charge >= 0.3 is 5.97 Å². The molecule has 136 valence electrons. The van der Waals surface area contributed by atoms with Crippen LogP contribution < -0.4 is 5.32 Å². The standard InChI is InChI=1S/C20H17N3O3S/c24-18(14-12-6-7-13(10-12)15(14)19(25)26)22-17-16(11-4-2-1-3-5-11)21-20-23(17)8-9-27-20/h1-9,12-15H,10H2,(H,22,24)(H,25,26)/t12-,13-,14+,15+/m0/s1. The molecule has 3 aromatic rings. The number of carboxylic acids is 1. The van der Waals surface area contributed by atoms with Crippen LogP contribution in [0.5, 0.6) is 0 Å². The number of nitrogens with zero attached hydrogens (tertiary/aromatic N) is 2. The number of carbonyl (C=O) groups is 2. The maximum Gasteiger partial charge on any atom is 0.307 e. The Kier molecular flexibility index (Phi) is 3.65. The number of imidazole rings is 1. The summed E-state index contributed by atoms with van der Waals surface area (Å²) in [6, 6.07) is 9.68. The van der Waals surface area contributed by atoms with Crippen LogP contribution in [-0.4, -0.2) is 26.4 Å². The summed E-state index contributed by atoms with van der Waals surface area (Å²) in [6.07, 6.45) is 6.53. The molecule has 0 spiro atoms. The minimum Gasteiger partial charge on any atom is -0.481 e. The number of amides is 1. The number of carboxylic acid groups (broad SMARTS) is 1. The number of thiazole rings is 1. The number of hydrogen-bond donors (Lipinski definition) is 2. The predicted molar refractivity (Wildman–Crippen MR) is 102 cm³/mol. The van der Waals surface area contributed by atoms with Crippen molar-refractivity contribution in [1.82, 2.24) is 9.38 Å². The zero-order valence-electron chi connectivity index (χ0n) is 14.3. The summed E-state index contributed by atoms with van der Waals surface area (Å²) in [7, 11) is 0. The first kappa shape index (κ1) is 16.3. The van der Waals surface area contributed by atoms with Gasteiger partial charge in [0.1, 0.15) is 11.5 Å². The minimum absolute atomic E-state index is 0.0119. The van der Waals surface area contributed by atoms with Gasteiger partial charge < -0.3 is 10.4 Å². The molecule has 2 aliphatic rings. The van der Waals surface area contributed by atoms with Crippen LogP contribution in [0.1, 0.15) is 6.42 Å². The van der Waals surface area contributed by atoms with Crippen molar-refractivity contribution in [1.29, 1.82) is 0 Å². The van der Waals surface area contributed by atoms with E-state index in [2.05, 4.69) is 10.3 Å². The highest BCUT2D eigenvalue weighted by Gasteiger charge is 2.51. The van der Waals surface area contributed by atoms with E-state index in [1.165, 1.54) is 11.3 Å². The molecule has 2 aliphatic carbocycles. The lowest BCUT2D eigenvalue weighted by Crippen LogP contribution is -2.36. The lowest BCUT2D eigenvalue weighted by atomic mass is 9.82. The van der Waals surface area contributed by atoms with Crippen LogP contribution in [0.15, 0.2) is 54.1 Å². The molecule has 6 nitrogen and oxygen atoms in total. The SMILES string of the molecule is O=C(O)[C@H]1[C@H](C(=O)Nc2c(-c3ccccc3)nc3sccn23)[C@H]2C=C[C@H]1C2. The zero-order chi connectivity index (χ0) is 18.5. The molecule has 0 unspecified atom stereocenters. The van der Waals surface area contributed by atoms with Crippen molar-refractivity contribution in [3.8, 4) is 11.3 Å². The highest BCUT2D eigenvalue weighted by atomic mass is 32.1. The molecular weight excluding hydrogens is 362 g/mol. The molecule has 27 heavy (non-hydrogen) atoms. The number of allylic oxidation sites excluding steroid dienone is 2. The van der Waals surface area contributed by atoms with Crippen molar-refractivity contribution in [2.75, 3.05) is 5.32 Å². The molecule has 2 bridgehead atoms. The zero-order valence-corrected chi connectivity index (χ0v) is 15.1. The van der Waals surface area contributed by atoms with E-state index in [1.807, 2.05) is 58.5 Å². The number of anilines is 1. The second kappa shape index (κ2) is 6.06. The molecule has 0 radical (unpaired) electrons. The van der Waals surface area contributed by atoms with Gasteiger partial charge in [-0.1, -0.05) is 42.5 Å². The summed E-state index contributed by atoms with van der Waals surface area (Å²) in [5.41, 5.74) is 1.60. The van der Waals surface area contributed by atoms with Crippen molar-refractivity contribution in [2.45, 2.75) is 6.42 Å². The molecule has 1 fully saturated rings. The third-order valence-corrected chi connectivity index (χ3v) is 6.35. The lowest BCUT2D eigenvalue weighted by molar-refractivity contribution is -0.146. The first-order valence-corrected chi connectivity index (χ1v) is 9.74. The molecule has 2 heterocycles. The molecule has 1 aromatic carbocycles. The maximum atomic E-state index is 13.1. The Hall–Kier alpha value is -2.93. The second-order valence-corrected chi connectivity index (χ2v) is 7.93. The van der Waals surface area contributed by atoms with E-state index in [0.29, 0.717) is 11.5 Å². The topological polar surface area (TPSA) is 83.7 Å². The summed E-state index contributed by atoms with van der Waals surface area (Å²) in [5, 5.41) is 14.5. The number of fused-ring (bicyclic) bond motifs is 3. The number of aromatic nitrogens is 2. The van der Waals surface area contributed by atoms with Crippen LogP contribution in [0.2, 0.25) is 0 Å². The third kappa shape index (κ3) is 2.49. The van der Waals surface area contributed by atoms with Gasteiger partial charge in [0, 0.05) is 17.1 Å². The van der Waals surface area contributed by atoms with E-state index >= 15 is 0 Å².